The van der Waals surface area contributed by atoms with Crippen LogP contribution >= 0.6 is 0 Å². The van der Waals surface area contributed by atoms with E-state index in [-0.39, 0.29) is 0 Å². The van der Waals surface area contributed by atoms with E-state index in [4.69, 9.17) is 0 Å². The summed E-state index contributed by atoms with van der Waals surface area (Å²) in [6.45, 7) is 2.20. The van der Waals surface area contributed by atoms with Crippen molar-refractivity contribution in [1.29, 1.82) is 0 Å². The van der Waals surface area contributed by atoms with E-state index in [0.29, 0.717) is 29.2 Å². The topological polar surface area (TPSA) is 0 Å². The molecular weight excluding hydrogens is 519 g/mol. The SMILES string of the molecule is CCCCCCCC1CCC(c2ccc(-c3ccc(C(F)(F)C(F)(F)C(F)(F)C(F)(F)F)cc3)cc2)CC1. The highest BCUT2D eigenvalue weighted by atomic mass is 19.4. The Morgan fingerprint density at radius 2 is 1.11 bits per heavy atom. The van der Waals surface area contributed by atoms with Crippen LogP contribution in [0, 0.1) is 5.92 Å². The molecule has 1 aliphatic rings. The van der Waals surface area contributed by atoms with Crippen LogP contribution in [0.4, 0.5) is 39.5 Å². The van der Waals surface area contributed by atoms with Crippen LogP contribution in [0.15, 0.2) is 48.5 Å². The Balaban J connectivity index is 1.62. The fourth-order valence-electron chi connectivity index (χ4n) is 5.20. The Hall–Kier alpha value is -2.19. The first-order chi connectivity index (χ1) is 17.7. The Kier molecular flexibility index (Phi) is 9.51. The number of hydrogen-bond donors (Lipinski definition) is 0. The van der Waals surface area contributed by atoms with Gasteiger partial charge >= 0.3 is 23.9 Å². The zero-order chi connectivity index (χ0) is 28.2. The standard InChI is InChI=1S/C29H33F9/c1-2-3-4-5-6-7-20-8-10-21(11-9-20)22-12-14-23(15-13-22)24-16-18-25(19-17-24)26(30,31)27(32,33)28(34,35)29(36,37)38/h12-21H,2-11H2,1H3. The molecule has 0 bridgehead atoms. The van der Waals surface area contributed by atoms with E-state index in [1.807, 2.05) is 12.1 Å². The molecule has 1 fully saturated rings. The molecule has 0 aromatic heterocycles. The highest BCUT2D eigenvalue weighted by Gasteiger charge is 2.82. The minimum atomic E-state index is -6.91. The molecule has 0 aliphatic heterocycles. The molecule has 9 heteroatoms. The van der Waals surface area contributed by atoms with Gasteiger partial charge in [-0.3, -0.25) is 0 Å². The van der Waals surface area contributed by atoms with Crippen molar-refractivity contribution in [3.8, 4) is 11.1 Å². The lowest BCUT2D eigenvalue weighted by Gasteiger charge is -2.33. The zero-order valence-corrected chi connectivity index (χ0v) is 21.2. The van der Waals surface area contributed by atoms with Gasteiger partial charge in [-0.05, 0) is 54.2 Å². The van der Waals surface area contributed by atoms with Crippen molar-refractivity contribution in [2.45, 2.75) is 101 Å². The van der Waals surface area contributed by atoms with Gasteiger partial charge in [-0.2, -0.15) is 39.5 Å². The van der Waals surface area contributed by atoms with Gasteiger partial charge in [0.25, 0.3) is 0 Å². The summed E-state index contributed by atoms with van der Waals surface area (Å²) in [7, 11) is 0. The number of alkyl halides is 9. The van der Waals surface area contributed by atoms with Gasteiger partial charge in [0.2, 0.25) is 0 Å². The highest BCUT2D eigenvalue weighted by molar-refractivity contribution is 5.64. The number of rotatable bonds is 11. The third kappa shape index (κ3) is 6.33. The average molecular weight is 553 g/mol. The van der Waals surface area contributed by atoms with Crippen molar-refractivity contribution in [3.63, 3.8) is 0 Å². The van der Waals surface area contributed by atoms with Gasteiger partial charge in [0.15, 0.2) is 0 Å². The molecule has 0 radical (unpaired) electrons. The fraction of sp³-hybridized carbons (Fsp3) is 0.586. The van der Waals surface area contributed by atoms with Gasteiger partial charge in [0.1, 0.15) is 0 Å². The van der Waals surface area contributed by atoms with E-state index in [0.717, 1.165) is 36.5 Å². The molecule has 2 aromatic carbocycles. The van der Waals surface area contributed by atoms with Crippen molar-refractivity contribution in [2.75, 3.05) is 0 Å². The van der Waals surface area contributed by atoms with Gasteiger partial charge in [0, 0.05) is 5.56 Å². The number of benzene rings is 2. The molecule has 0 amide bonds. The maximum absolute atomic E-state index is 14.2. The summed E-state index contributed by atoms with van der Waals surface area (Å²) in [5.74, 6) is -18.2. The lowest BCUT2D eigenvalue weighted by atomic mass is 9.77. The van der Waals surface area contributed by atoms with Gasteiger partial charge < -0.3 is 0 Å². The van der Waals surface area contributed by atoms with Crippen LogP contribution in [0.3, 0.4) is 0 Å². The van der Waals surface area contributed by atoms with Gasteiger partial charge in [-0.25, -0.2) is 0 Å². The van der Waals surface area contributed by atoms with Crippen molar-refractivity contribution in [3.05, 3.63) is 59.7 Å². The van der Waals surface area contributed by atoms with Crippen molar-refractivity contribution >= 4 is 0 Å². The summed E-state index contributed by atoms with van der Waals surface area (Å²) in [6, 6.07) is 10.3. The molecule has 0 spiro atoms. The second-order valence-corrected chi connectivity index (χ2v) is 10.3. The average Bonchev–Trinajstić information content (AvgIpc) is 2.88. The van der Waals surface area contributed by atoms with Crippen LogP contribution < -0.4 is 0 Å². The maximum Gasteiger partial charge on any atom is 0.460 e. The van der Waals surface area contributed by atoms with E-state index >= 15 is 0 Å². The lowest BCUT2D eigenvalue weighted by molar-refractivity contribution is -0.399. The van der Waals surface area contributed by atoms with Gasteiger partial charge in [-0.15, -0.1) is 0 Å². The first-order valence-corrected chi connectivity index (χ1v) is 13.1. The summed E-state index contributed by atoms with van der Waals surface area (Å²) in [4.78, 5) is 0. The third-order valence-corrected chi connectivity index (χ3v) is 7.67. The molecule has 0 N–H and O–H groups in total. The van der Waals surface area contributed by atoms with Crippen LogP contribution in [0.2, 0.25) is 0 Å². The second kappa shape index (κ2) is 11.9. The Labute approximate surface area is 217 Å². The predicted octanol–water partition coefficient (Wildman–Crippen LogP) is 10.9. The molecule has 1 saturated carbocycles. The fourth-order valence-corrected chi connectivity index (χ4v) is 5.20. The van der Waals surface area contributed by atoms with E-state index in [2.05, 4.69) is 6.92 Å². The van der Waals surface area contributed by atoms with Crippen LogP contribution in [0.25, 0.3) is 11.1 Å². The predicted molar refractivity (Wildman–Crippen MR) is 130 cm³/mol. The molecular formula is C29H33F9. The second-order valence-electron chi connectivity index (χ2n) is 10.3. The normalized spacial score (nSPS) is 19.5. The molecule has 3 rings (SSSR count). The van der Waals surface area contributed by atoms with Crippen LogP contribution in [0.1, 0.15) is 88.2 Å². The minimum Gasteiger partial charge on any atom is -0.194 e. The highest BCUT2D eigenvalue weighted by Crippen LogP contribution is 2.56. The van der Waals surface area contributed by atoms with Crippen molar-refractivity contribution < 1.29 is 39.5 Å². The molecule has 38 heavy (non-hydrogen) atoms. The number of unbranched alkanes of at least 4 members (excludes halogenated alkanes) is 4. The van der Waals surface area contributed by atoms with Crippen LogP contribution in [-0.4, -0.2) is 18.0 Å². The number of halogens is 9. The Morgan fingerprint density at radius 3 is 1.61 bits per heavy atom. The summed E-state index contributed by atoms with van der Waals surface area (Å²) in [5, 5.41) is 0. The van der Waals surface area contributed by atoms with Crippen LogP contribution in [0.5, 0.6) is 0 Å². The van der Waals surface area contributed by atoms with E-state index < -0.39 is 29.5 Å². The smallest absolute Gasteiger partial charge is 0.194 e. The van der Waals surface area contributed by atoms with Gasteiger partial charge in [-0.1, -0.05) is 94.0 Å². The summed E-state index contributed by atoms with van der Waals surface area (Å²) in [5.41, 5.74) is 0.437. The molecule has 0 unspecified atom stereocenters. The van der Waals surface area contributed by atoms with E-state index in [1.165, 1.54) is 51.4 Å². The largest absolute Gasteiger partial charge is 0.460 e. The zero-order valence-electron chi connectivity index (χ0n) is 21.2. The molecule has 0 saturated heterocycles. The molecule has 2 aromatic rings. The maximum atomic E-state index is 14.2. The lowest BCUT2D eigenvalue weighted by Crippen LogP contribution is -2.59. The van der Waals surface area contributed by atoms with Crippen molar-refractivity contribution in [1.82, 2.24) is 0 Å². The quantitative estimate of drug-likeness (QED) is 0.192. The minimum absolute atomic E-state index is 0.341. The number of hydrogen-bond acceptors (Lipinski definition) is 0. The first-order valence-electron chi connectivity index (χ1n) is 13.1. The molecule has 0 atom stereocenters. The summed E-state index contributed by atoms with van der Waals surface area (Å²) >= 11 is 0. The van der Waals surface area contributed by atoms with E-state index in [9.17, 15) is 39.5 Å². The van der Waals surface area contributed by atoms with E-state index in [1.54, 1.807) is 12.1 Å². The van der Waals surface area contributed by atoms with Crippen molar-refractivity contribution in [2.24, 2.45) is 5.92 Å². The molecule has 1 aliphatic carbocycles. The van der Waals surface area contributed by atoms with Gasteiger partial charge in [0.05, 0.1) is 0 Å². The monoisotopic (exact) mass is 552 g/mol. The first kappa shape index (κ1) is 30.4. The molecule has 212 valence electrons. The van der Waals surface area contributed by atoms with Crippen LogP contribution in [-0.2, 0) is 5.92 Å². The molecule has 0 nitrogen and oxygen atoms in total. The molecule has 0 heterocycles. The summed E-state index contributed by atoms with van der Waals surface area (Å²) < 4.78 is 119. The third-order valence-electron chi connectivity index (χ3n) is 7.67. The Morgan fingerprint density at radius 1 is 0.605 bits per heavy atom. The Bertz CT molecular complexity index is 1000. The summed E-state index contributed by atoms with van der Waals surface area (Å²) in [6.07, 6.45) is 5.32.